The first-order valence-electron chi connectivity index (χ1n) is 10.1. The third-order valence-electron chi connectivity index (χ3n) is 5.49. The highest BCUT2D eigenvalue weighted by atomic mass is 35.5. The molecular formula is C20H31ClN4O2. The first-order valence-corrected chi connectivity index (χ1v) is 10.4. The number of likely N-dealkylation sites (tertiary alicyclic amines) is 1. The van der Waals surface area contributed by atoms with Gasteiger partial charge in [-0.15, -0.1) is 0 Å². The normalized spacial score (nSPS) is 19.9. The molecule has 2 fully saturated rings. The lowest BCUT2D eigenvalue weighted by atomic mass is 10.0. The second-order valence-electron chi connectivity index (χ2n) is 7.75. The van der Waals surface area contributed by atoms with E-state index >= 15 is 0 Å². The predicted molar refractivity (Wildman–Crippen MR) is 109 cm³/mol. The first kappa shape index (κ1) is 20.4. The number of nitrogens with zero attached hydrogens (tertiary/aromatic N) is 3. The zero-order valence-electron chi connectivity index (χ0n) is 16.4. The van der Waals surface area contributed by atoms with Crippen LogP contribution in [0.25, 0.3) is 0 Å². The van der Waals surface area contributed by atoms with Crippen LogP contribution in [0, 0.1) is 5.92 Å². The Morgan fingerprint density at radius 1 is 1.22 bits per heavy atom. The van der Waals surface area contributed by atoms with Gasteiger partial charge in [0.05, 0.1) is 23.8 Å². The van der Waals surface area contributed by atoms with Gasteiger partial charge in [0.2, 0.25) is 0 Å². The lowest BCUT2D eigenvalue weighted by molar-refractivity contribution is 0.00953. The molecule has 1 atom stereocenters. The van der Waals surface area contributed by atoms with Gasteiger partial charge in [-0.25, -0.2) is 4.98 Å². The van der Waals surface area contributed by atoms with Crippen LogP contribution in [0.15, 0.2) is 12.3 Å². The van der Waals surface area contributed by atoms with Crippen LogP contribution >= 0.6 is 11.6 Å². The van der Waals surface area contributed by atoms with Crippen LogP contribution in [0.3, 0.4) is 0 Å². The van der Waals surface area contributed by atoms with E-state index in [-0.39, 0.29) is 5.91 Å². The van der Waals surface area contributed by atoms with Crippen molar-refractivity contribution < 1.29 is 9.53 Å². The summed E-state index contributed by atoms with van der Waals surface area (Å²) in [4.78, 5) is 21.4. The fraction of sp³-hybridized carbons (Fsp3) is 0.700. The Morgan fingerprint density at radius 3 is 2.56 bits per heavy atom. The highest BCUT2D eigenvalue weighted by molar-refractivity contribution is 6.33. The molecule has 2 saturated heterocycles. The van der Waals surface area contributed by atoms with Gasteiger partial charge in [-0.1, -0.05) is 25.4 Å². The van der Waals surface area contributed by atoms with Gasteiger partial charge in [0.25, 0.3) is 5.91 Å². The fourth-order valence-electron chi connectivity index (χ4n) is 3.86. The molecule has 0 spiro atoms. The summed E-state index contributed by atoms with van der Waals surface area (Å²) in [7, 11) is 0. The molecule has 3 rings (SSSR count). The van der Waals surface area contributed by atoms with E-state index in [9.17, 15) is 4.79 Å². The number of hydrogen-bond acceptors (Lipinski definition) is 5. The molecular weight excluding hydrogens is 364 g/mol. The summed E-state index contributed by atoms with van der Waals surface area (Å²) in [5, 5.41) is 3.89. The number of piperidine rings is 1. The quantitative estimate of drug-likeness (QED) is 0.803. The molecule has 3 heterocycles. The molecule has 0 bridgehead atoms. The molecule has 7 heteroatoms. The number of aromatic nitrogens is 1. The van der Waals surface area contributed by atoms with Crippen LogP contribution in [0.4, 0.5) is 5.82 Å². The van der Waals surface area contributed by atoms with Crippen LogP contribution < -0.4 is 5.32 Å². The molecule has 1 N–H and O–H groups in total. The maximum atomic E-state index is 12.6. The second-order valence-corrected chi connectivity index (χ2v) is 8.16. The van der Waals surface area contributed by atoms with Crippen molar-refractivity contribution in [2.45, 2.75) is 39.2 Å². The van der Waals surface area contributed by atoms with Gasteiger partial charge in [-0.3, -0.25) is 9.69 Å². The number of ether oxygens (including phenoxy) is 1. The highest BCUT2D eigenvalue weighted by Crippen LogP contribution is 2.23. The number of carbonyl (C=O) groups is 1. The molecule has 1 aromatic rings. The Hall–Kier alpha value is -1.37. The van der Waals surface area contributed by atoms with Crippen LogP contribution in [0.5, 0.6) is 0 Å². The van der Waals surface area contributed by atoms with Crippen molar-refractivity contribution in [3.63, 3.8) is 0 Å². The number of pyridine rings is 1. The molecule has 150 valence electrons. The van der Waals surface area contributed by atoms with E-state index in [1.807, 2.05) is 4.90 Å². The number of anilines is 1. The summed E-state index contributed by atoms with van der Waals surface area (Å²) in [6.07, 6.45) is 4.99. The van der Waals surface area contributed by atoms with Crippen LogP contribution in [-0.4, -0.2) is 72.7 Å². The fourth-order valence-corrected chi connectivity index (χ4v) is 4.09. The zero-order chi connectivity index (χ0) is 19.2. The van der Waals surface area contributed by atoms with Crippen molar-refractivity contribution >= 4 is 23.3 Å². The molecule has 27 heavy (non-hydrogen) atoms. The molecule has 0 saturated carbocycles. The van der Waals surface area contributed by atoms with E-state index in [4.69, 9.17) is 16.3 Å². The summed E-state index contributed by atoms with van der Waals surface area (Å²) in [6.45, 7) is 10.4. The SMILES string of the molecule is CC(C)C(CNc1ncc(C(=O)N2CCCCC2)cc1Cl)N1CCOCC1. The minimum absolute atomic E-state index is 0.0315. The number of nitrogens with one attached hydrogen (secondary N) is 1. The molecule has 0 aromatic carbocycles. The van der Waals surface area contributed by atoms with Crippen molar-refractivity contribution in [3.8, 4) is 0 Å². The average Bonchev–Trinajstić information content (AvgIpc) is 2.70. The monoisotopic (exact) mass is 394 g/mol. The van der Waals surface area contributed by atoms with E-state index in [1.54, 1.807) is 12.3 Å². The largest absolute Gasteiger partial charge is 0.379 e. The smallest absolute Gasteiger partial charge is 0.255 e. The van der Waals surface area contributed by atoms with Crippen molar-refractivity contribution in [3.05, 3.63) is 22.8 Å². The van der Waals surface area contributed by atoms with Gasteiger partial charge in [-0.2, -0.15) is 0 Å². The molecule has 1 amide bonds. The van der Waals surface area contributed by atoms with Gasteiger partial charge < -0.3 is 15.0 Å². The number of carbonyl (C=O) groups excluding carboxylic acids is 1. The molecule has 2 aliphatic rings. The lowest BCUT2D eigenvalue weighted by Gasteiger charge is -2.37. The third-order valence-corrected chi connectivity index (χ3v) is 5.78. The number of halogens is 1. The summed E-state index contributed by atoms with van der Waals surface area (Å²) in [5.74, 6) is 1.18. The van der Waals surface area contributed by atoms with E-state index in [0.717, 1.165) is 58.8 Å². The minimum Gasteiger partial charge on any atom is -0.379 e. The predicted octanol–water partition coefficient (Wildman–Crippen LogP) is 3.13. The molecule has 0 aliphatic carbocycles. The standard InChI is InChI=1S/C20H31ClN4O2/c1-15(2)18(24-8-10-27-11-9-24)14-23-19-17(21)12-16(13-22-19)20(26)25-6-4-3-5-7-25/h12-13,15,18H,3-11,14H2,1-2H3,(H,22,23). The van der Waals surface area contributed by atoms with Gasteiger partial charge in [0.15, 0.2) is 0 Å². The zero-order valence-corrected chi connectivity index (χ0v) is 17.2. The Bertz CT molecular complexity index is 628. The summed E-state index contributed by atoms with van der Waals surface area (Å²) >= 11 is 6.43. The maximum absolute atomic E-state index is 12.6. The van der Waals surface area contributed by atoms with Gasteiger partial charge >= 0.3 is 0 Å². The molecule has 2 aliphatic heterocycles. The van der Waals surface area contributed by atoms with Crippen molar-refractivity contribution in [1.82, 2.24) is 14.8 Å². The average molecular weight is 395 g/mol. The highest BCUT2D eigenvalue weighted by Gasteiger charge is 2.24. The molecule has 0 radical (unpaired) electrons. The number of amides is 1. The number of rotatable bonds is 6. The third kappa shape index (κ3) is 5.33. The summed E-state index contributed by atoms with van der Waals surface area (Å²) < 4.78 is 5.47. The number of morpholine rings is 1. The lowest BCUT2D eigenvalue weighted by Crippen LogP contribution is -2.49. The van der Waals surface area contributed by atoms with E-state index in [2.05, 4.69) is 29.0 Å². The topological polar surface area (TPSA) is 57.7 Å². The molecule has 1 unspecified atom stereocenters. The van der Waals surface area contributed by atoms with E-state index in [0.29, 0.717) is 28.4 Å². The van der Waals surface area contributed by atoms with Crippen LogP contribution in [-0.2, 0) is 4.74 Å². The van der Waals surface area contributed by atoms with E-state index in [1.165, 1.54) is 6.42 Å². The van der Waals surface area contributed by atoms with Crippen molar-refractivity contribution in [2.24, 2.45) is 5.92 Å². The van der Waals surface area contributed by atoms with E-state index < -0.39 is 0 Å². The Kier molecular flexibility index (Phi) is 7.33. The second kappa shape index (κ2) is 9.71. The first-order chi connectivity index (χ1) is 13.1. The van der Waals surface area contributed by atoms with Gasteiger partial charge in [0, 0.05) is 45.0 Å². The van der Waals surface area contributed by atoms with Gasteiger partial charge in [-0.05, 0) is 31.2 Å². The molecule has 1 aromatic heterocycles. The Morgan fingerprint density at radius 2 is 1.93 bits per heavy atom. The summed E-state index contributed by atoms with van der Waals surface area (Å²) in [6, 6.07) is 2.13. The minimum atomic E-state index is 0.0315. The van der Waals surface area contributed by atoms with Gasteiger partial charge in [0.1, 0.15) is 5.82 Å². The molecule has 6 nitrogen and oxygen atoms in total. The van der Waals surface area contributed by atoms with Crippen molar-refractivity contribution in [1.29, 1.82) is 0 Å². The Labute approximate surface area is 167 Å². The van der Waals surface area contributed by atoms with Crippen molar-refractivity contribution in [2.75, 3.05) is 51.3 Å². The van der Waals surface area contributed by atoms with Crippen LogP contribution in [0.2, 0.25) is 5.02 Å². The number of hydrogen-bond donors (Lipinski definition) is 1. The Balaban J connectivity index is 1.62. The van der Waals surface area contributed by atoms with Crippen LogP contribution in [0.1, 0.15) is 43.5 Å². The maximum Gasteiger partial charge on any atom is 0.255 e. The summed E-state index contributed by atoms with van der Waals surface area (Å²) in [5.41, 5.74) is 0.570.